The highest BCUT2D eigenvalue weighted by atomic mass is 32.2. The summed E-state index contributed by atoms with van der Waals surface area (Å²) < 4.78 is 35.1. The first-order valence-electron chi connectivity index (χ1n) is 13.6. The maximum absolute atomic E-state index is 13.9. The second kappa shape index (κ2) is 11.4. The van der Waals surface area contributed by atoms with Gasteiger partial charge in [-0.25, -0.2) is 8.42 Å². The molecule has 2 aliphatic carbocycles. The quantitative estimate of drug-likeness (QED) is 0.392. The van der Waals surface area contributed by atoms with E-state index in [-0.39, 0.29) is 30.9 Å². The minimum atomic E-state index is -4.33. The van der Waals surface area contributed by atoms with E-state index in [1.807, 2.05) is 39.0 Å². The van der Waals surface area contributed by atoms with Crippen molar-refractivity contribution in [1.82, 2.24) is 14.5 Å². The normalized spacial score (nSPS) is 17.7. The third kappa shape index (κ3) is 5.73. The van der Waals surface area contributed by atoms with E-state index in [2.05, 4.69) is 16.0 Å². The molecule has 1 saturated carbocycles. The Morgan fingerprint density at radius 3 is 2.66 bits per heavy atom. The zero-order valence-corrected chi connectivity index (χ0v) is 24.0. The molecule has 1 aromatic carbocycles. The second-order valence-corrected chi connectivity index (χ2v) is 12.9. The lowest BCUT2D eigenvalue weighted by atomic mass is 9.97. The molecule has 2 heterocycles. The average molecular weight is 573 g/mol. The van der Waals surface area contributed by atoms with Gasteiger partial charge in [0.1, 0.15) is 12.4 Å². The molecule has 2 atom stereocenters. The molecule has 5 rings (SSSR count). The predicted molar refractivity (Wildman–Crippen MR) is 154 cm³/mol. The summed E-state index contributed by atoms with van der Waals surface area (Å²) in [6.45, 7) is 5.50. The van der Waals surface area contributed by atoms with Crippen LogP contribution < -0.4 is 5.56 Å². The Morgan fingerprint density at radius 1 is 1.24 bits per heavy atom. The monoisotopic (exact) mass is 572 g/mol. The fourth-order valence-electron chi connectivity index (χ4n) is 5.25. The van der Waals surface area contributed by atoms with Gasteiger partial charge < -0.3 is 9.84 Å². The molecule has 212 valence electrons. The lowest BCUT2D eigenvalue weighted by Gasteiger charge is -2.27. The van der Waals surface area contributed by atoms with Gasteiger partial charge in [-0.3, -0.25) is 14.3 Å². The number of aryl methyl sites for hydroxylation is 1. The first-order chi connectivity index (χ1) is 19.6. The summed E-state index contributed by atoms with van der Waals surface area (Å²) in [6, 6.07) is 10.5. The number of allylic oxidation sites excluding steroid dienone is 3. The molecule has 41 heavy (non-hydrogen) atoms. The van der Waals surface area contributed by atoms with E-state index in [4.69, 9.17) is 4.74 Å². The third-order valence-corrected chi connectivity index (χ3v) is 9.53. The Kier molecular flexibility index (Phi) is 7.93. The number of rotatable bonds is 9. The fraction of sp³-hybridized carbons (Fsp3) is 0.355. The number of aromatic nitrogens is 3. The number of aromatic hydroxyl groups is 1. The summed E-state index contributed by atoms with van der Waals surface area (Å²) in [5.41, 5.74) is 2.91. The van der Waals surface area contributed by atoms with E-state index in [9.17, 15) is 23.6 Å². The van der Waals surface area contributed by atoms with E-state index in [1.54, 1.807) is 42.7 Å². The SMILES string of the molecule is Cc1cnccc1C1=CCC(S(=O)(=O)c2c(O)n([C@H](c3cccc(C#N)c3)C3CC3)c(COC(C)C)nc2=O)C=C1. The first-order valence-corrected chi connectivity index (χ1v) is 15.2. The second-order valence-electron chi connectivity index (χ2n) is 10.8. The van der Waals surface area contributed by atoms with Crippen molar-refractivity contribution >= 4 is 15.4 Å². The van der Waals surface area contributed by atoms with E-state index in [0.29, 0.717) is 5.56 Å². The maximum Gasteiger partial charge on any atom is 0.295 e. The Morgan fingerprint density at radius 2 is 2.02 bits per heavy atom. The van der Waals surface area contributed by atoms with Gasteiger partial charge in [-0.15, -0.1) is 0 Å². The molecule has 2 aliphatic rings. The lowest BCUT2D eigenvalue weighted by molar-refractivity contribution is 0.0568. The van der Waals surface area contributed by atoms with Crippen molar-refractivity contribution in [2.24, 2.45) is 5.92 Å². The van der Waals surface area contributed by atoms with E-state index < -0.39 is 37.5 Å². The molecule has 1 unspecified atom stereocenters. The fourth-order valence-corrected chi connectivity index (χ4v) is 6.83. The zero-order valence-electron chi connectivity index (χ0n) is 23.2. The van der Waals surface area contributed by atoms with Crippen LogP contribution in [0.2, 0.25) is 0 Å². The third-order valence-electron chi connectivity index (χ3n) is 7.46. The van der Waals surface area contributed by atoms with Crippen molar-refractivity contribution in [3.05, 3.63) is 99.4 Å². The molecular formula is C31H32N4O5S. The van der Waals surface area contributed by atoms with Crippen LogP contribution in [0.15, 0.2) is 70.6 Å². The van der Waals surface area contributed by atoms with Crippen LogP contribution in [0.3, 0.4) is 0 Å². The predicted octanol–water partition coefficient (Wildman–Crippen LogP) is 4.63. The Bertz CT molecular complexity index is 1750. The number of sulfone groups is 1. The summed E-state index contributed by atoms with van der Waals surface area (Å²) in [7, 11) is -4.33. The number of hydrogen-bond acceptors (Lipinski definition) is 8. The van der Waals surface area contributed by atoms with Gasteiger partial charge in [-0.1, -0.05) is 30.4 Å². The molecule has 3 aromatic rings. The van der Waals surface area contributed by atoms with Gasteiger partial charge in [0.2, 0.25) is 5.88 Å². The van der Waals surface area contributed by atoms with Gasteiger partial charge >= 0.3 is 0 Å². The van der Waals surface area contributed by atoms with Gasteiger partial charge in [-0.2, -0.15) is 10.2 Å². The first kappa shape index (κ1) is 28.5. The van der Waals surface area contributed by atoms with Gasteiger partial charge in [0, 0.05) is 12.4 Å². The van der Waals surface area contributed by atoms with Gasteiger partial charge in [0.25, 0.3) is 5.56 Å². The molecule has 2 aromatic heterocycles. The van der Waals surface area contributed by atoms with E-state index in [1.165, 1.54) is 4.57 Å². The van der Waals surface area contributed by atoms with Crippen LogP contribution in [0.5, 0.6) is 5.88 Å². The average Bonchev–Trinajstić information content (AvgIpc) is 3.79. The van der Waals surface area contributed by atoms with Crippen LogP contribution in [0.25, 0.3) is 5.57 Å². The highest BCUT2D eigenvalue weighted by molar-refractivity contribution is 7.92. The summed E-state index contributed by atoms with van der Waals surface area (Å²) in [6.07, 6.45) is 10.1. The minimum Gasteiger partial charge on any atom is -0.493 e. The standard InChI is InChI=1S/C31H32N4O5S/c1-19(2)40-18-27-34-30(36)29(31(37)35(27)28(23-7-8-23)24-6-4-5-21(15-24)16-32)41(38,39)25-11-9-22(10-12-25)26-13-14-33-17-20(26)3/h4-6,9-11,13-15,17,19,23,25,28,37H,7-8,12,18H2,1-3H3/t25?,28-/m0/s1. The van der Waals surface area contributed by atoms with Crippen molar-refractivity contribution < 1.29 is 18.3 Å². The molecule has 9 nitrogen and oxygen atoms in total. The van der Waals surface area contributed by atoms with E-state index >= 15 is 0 Å². The van der Waals surface area contributed by atoms with Crippen LogP contribution >= 0.6 is 0 Å². The largest absolute Gasteiger partial charge is 0.493 e. The van der Waals surface area contributed by atoms with Gasteiger partial charge in [-0.05, 0) is 86.4 Å². The number of pyridine rings is 1. The highest BCUT2D eigenvalue weighted by Gasteiger charge is 2.40. The zero-order chi connectivity index (χ0) is 29.3. The van der Waals surface area contributed by atoms with Crippen LogP contribution in [0, 0.1) is 24.2 Å². The van der Waals surface area contributed by atoms with Crippen LogP contribution in [0.1, 0.15) is 67.2 Å². The summed E-state index contributed by atoms with van der Waals surface area (Å²) >= 11 is 0. The smallest absolute Gasteiger partial charge is 0.295 e. The number of ether oxygens (including phenoxy) is 1. The molecule has 0 amide bonds. The molecule has 0 bridgehead atoms. The number of nitriles is 1. The summed E-state index contributed by atoms with van der Waals surface area (Å²) in [5, 5.41) is 20.1. The molecule has 1 fully saturated rings. The Labute approximate surface area is 239 Å². The van der Waals surface area contributed by atoms with E-state index in [0.717, 1.165) is 35.1 Å². The Hall–Kier alpha value is -4.07. The molecule has 0 spiro atoms. The molecule has 0 radical (unpaired) electrons. The lowest BCUT2D eigenvalue weighted by Crippen LogP contribution is -2.32. The molecule has 10 heteroatoms. The van der Waals surface area contributed by atoms with Crippen LogP contribution in [-0.2, 0) is 21.2 Å². The molecule has 0 saturated heterocycles. The van der Waals surface area contributed by atoms with Crippen molar-refractivity contribution in [2.45, 2.75) is 68.9 Å². The van der Waals surface area contributed by atoms with Crippen molar-refractivity contribution in [3.63, 3.8) is 0 Å². The van der Waals surface area contributed by atoms with Gasteiger partial charge in [0.05, 0.1) is 29.0 Å². The van der Waals surface area contributed by atoms with Crippen molar-refractivity contribution in [2.75, 3.05) is 0 Å². The number of hydrogen-bond donors (Lipinski definition) is 1. The van der Waals surface area contributed by atoms with Gasteiger partial charge in [0.15, 0.2) is 14.7 Å². The molecule has 1 N–H and O–H groups in total. The minimum absolute atomic E-state index is 0.0659. The Balaban J connectivity index is 1.60. The van der Waals surface area contributed by atoms with Crippen molar-refractivity contribution in [3.8, 4) is 11.9 Å². The number of nitrogens with zero attached hydrogens (tertiary/aromatic N) is 4. The topological polar surface area (TPSA) is 135 Å². The summed E-state index contributed by atoms with van der Waals surface area (Å²) in [4.78, 5) is 20.9. The highest BCUT2D eigenvalue weighted by Crippen LogP contribution is 2.46. The maximum atomic E-state index is 13.9. The van der Waals surface area contributed by atoms with Crippen LogP contribution in [-0.4, -0.2) is 39.4 Å². The molecule has 0 aliphatic heterocycles. The van der Waals surface area contributed by atoms with Crippen LogP contribution in [0.4, 0.5) is 0 Å². The molecular weight excluding hydrogens is 540 g/mol. The number of benzene rings is 1. The van der Waals surface area contributed by atoms with Crippen molar-refractivity contribution in [1.29, 1.82) is 5.26 Å². The summed E-state index contributed by atoms with van der Waals surface area (Å²) in [5.74, 6) is -0.454.